The molecule has 25 heavy (non-hydrogen) atoms. The zero-order chi connectivity index (χ0) is 18.3. The Morgan fingerprint density at radius 3 is 2.68 bits per heavy atom. The third kappa shape index (κ3) is 3.10. The molecular formula is C18H24N4O3. The first-order chi connectivity index (χ1) is 11.8. The molecule has 134 valence electrons. The molecule has 1 amide bonds. The van der Waals surface area contributed by atoms with Gasteiger partial charge < -0.3 is 10.0 Å². The number of carbonyl (C=O) groups is 2. The number of likely N-dealkylation sites (tertiary alicyclic amines) is 1. The number of piperidine rings is 1. The fourth-order valence-corrected chi connectivity index (χ4v) is 3.57. The van der Waals surface area contributed by atoms with Crippen molar-refractivity contribution in [2.75, 3.05) is 13.1 Å². The number of aryl methyl sites for hydroxylation is 1. The van der Waals surface area contributed by atoms with Crippen molar-refractivity contribution in [2.45, 2.75) is 40.2 Å². The zero-order valence-corrected chi connectivity index (χ0v) is 15.1. The number of fused-ring (bicyclic) bond motifs is 1. The predicted molar refractivity (Wildman–Crippen MR) is 93.5 cm³/mol. The maximum Gasteiger partial charge on any atom is 0.306 e. The van der Waals surface area contributed by atoms with Crippen molar-refractivity contribution in [2.24, 2.45) is 11.8 Å². The number of carbonyl (C=O) groups excluding carboxylic acids is 1. The second kappa shape index (κ2) is 6.46. The quantitative estimate of drug-likeness (QED) is 0.924. The summed E-state index contributed by atoms with van der Waals surface area (Å²) >= 11 is 0. The molecule has 1 aliphatic rings. The van der Waals surface area contributed by atoms with Gasteiger partial charge in [0.05, 0.1) is 23.1 Å². The number of aromatic nitrogens is 3. The molecule has 7 nitrogen and oxygen atoms in total. The molecule has 1 N–H and O–H groups in total. The number of nitrogens with zero attached hydrogens (tertiary/aromatic N) is 4. The summed E-state index contributed by atoms with van der Waals surface area (Å²) in [5, 5.41) is 14.4. The van der Waals surface area contributed by atoms with Crippen molar-refractivity contribution >= 4 is 22.9 Å². The summed E-state index contributed by atoms with van der Waals surface area (Å²) in [7, 11) is 0. The molecule has 1 saturated heterocycles. The fraction of sp³-hybridized carbons (Fsp3) is 0.556. The highest BCUT2D eigenvalue weighted by atomic mass is 16.4. The maximum atomic E-state index is 13.1. The van der Waals surface area contributed by atoms with Crippen molar-refractivity contribution in [3.8, 4) is 0 Å². The fourth-order valence-electron chi connectivity index (χ4n) is 3.57. The third-order valence-corrected chi connectivity index (χ3v) is 4.92. The second-order valence-corrected chi connectivity index (χ2v) is 7.19. The lowest BCUT2D eigenvalue weighted by Crippen LogP contribution is -2.45. The van der Waals surface area contributed by atoms with Gasteiger partial charge in [0.15, 0.2) is 5.65 Å². The predicted octanol–water partition coefficient (Wildman–Crippen LogP) is 2.50. The zero-order valence-electron chi connectivity index (χ0n) is 15.1. The maximum absolute atomic E-state index is 13.1. The molecule has 0 radical (unpaired) electrons. The molecule has 3 rings (SSSR count). The molecule has 0 aliphatic carbocycles. The average molecular weight is 344 g/mol. The monoisotopic (exact) mass is 344 g/mol. The highest BCUT2D eigenvalue weighted by Crippen LogP contribution is 2.27. The van der Waals surface area contributed by atoms with E-state index in [4.69, 9.17) is 0 Å². The summed E-state index contributed by atoms with van der Waals surface area (Å²) in [6.07, 6.45) is 2.18. The lowest BCUT2D eigenvalue weighted by Gasteiger charge is -2.35. The first-order valence-electron chi connectivity index (χ1n) is 8.66. The van der Waals surface area contributed by atoms with Crippen molar-refractivity contribution in [1.82, 2.24) is 19.7 Å². The van der Waals surface area contributed by atoms with Gasteiger partial charge in [0.25, 0.3) is 5.91 Å². The number of carboxylic acids is 1. The van der Waals surface area contributed by atoms with Gasteiger partial charge >= 0.3 is 5.97 Å². The van der Waals surface area contributed by atoms with Crippen molar-refractivity contribution in [3.05, 3.63) is 23.5 Å². The number of rotatable bonds is 3. The molecule has 0 aromatic carbocycles. The van der Waals surface area contributed by atoms with Crippen LogP contribution in [0.4, 0.5) is 0 Å². The number of pyridine rings is 1. The number of carboxylic acid groups (broad SMARTS) is 1. The molecule has 2 unspecified atom stereocenters. The van der Waals surface area contributed by atoms with Gasteiger partial charge in [-0.15, -0.1) is 0 Å². The van der Waals surface area contributed by atoms with Gasteiger partial charge in [-0.3, -0.25) is 9.59 Å². The summed E-state index contributed by atoms with van der Waals surface area (Å²) < 4.78 is 1.82. The molecule has 0 saturated carbocycles. The van der Waals surface area contributed by atoms with E-state index in [1.807, 2.05) is 32.4 Å². The highest BCUT2D eigenvalue weighted by Gasteiger charge is 2.34. The van der Waals surface area contributed by atoms with E-state index in [0.717, 1.165) is 11.1 Å². The molecule has 2 aromatic heterocycles. The van der Waals surface area contributed by atoms with E-state index in [1.165, 1.54) is 0 Å². The van der Waals surface area contributed by atoms with E-state index in [9.17, 15) is 14.7 Å². The van der Waals surface area contributed by atoms with Crippen LogP contribution >= 0.6 is 0 Å². The van der Waals surface area contributed by atoms with Crippen molar-refractivity contribution in [1.29, 1.82) is 0 Å². The van der Waals surface area contributed by atoms with E-state index in [-0.39, 0.29) is 23.8 Å². The SMILES string of the molecule is Cc1cc(C(=O)N2CCC(C(=O)O)C(C)C2)c2cnn(C(C)C)c2n1. The Labute approximate surface area is 146 Å². The van der Waals surface area contributed by atoms with E-state index in [0.29, 0.717) is 30.7 Å². The molecule has 2 aromatic rings. The van der Waals surface area contributed by atoms with Crippen LogP contribution in [0.2, 0.25) is 0 Å². The lowest BCUT2D eigenvalue weighted by molar-refractivity contribution is -0.145. The Morgan fingerprint density at radius 2 is 2.08 bits per heavy atom. The summed E-state index contributed by atoms with van der Waals surface area (Å²) in [5.74, 6) is -1.30. The Bertz CT molecular complexity index is 827. The molecule has 0 bridgehead atoms. The van der Waals surface area contributed by atoms with Crippen LogP contribution in [0.1, 0.15) is 49.3 Å². The van der Waals surface area contributed by atoms with E-state index >= 15 is 0 Å². The van der Waals surface area contributed by atoms with Crippen molar-refractivity contribution < 1.29 is 14.7 Å². The summed E-state index contributed by atoms with van der Waals surface area (Å²) in [6, 6.07) is 1.95. The molecule has 1 aliphatic heterocycles. The molecule has 7 heteroatoms. The van der Waals surface area contributed by atoms with Gasteiger partial charge in [-0.2, -0.15) is 5.10 Å². The van der Waals surface area contributed by atoms with Crippen LogP contribution in [0, 0.1) is 18.8 Å². The smallest absolute Gasteiger partial charge is 0.306 e. The van der Waals surface area contributed by atoms with Crippen molar-refractivity contribution in [3.63, 3.8) is 0 Å². The van der Waals surface area contributed by atoms with E-state index in [2.05, 4.69) is 10.1 Å². The van der Waals surface area contributed by atoms with Crippen LogP contribution < -0.4 is 0 Å². The minimum absolute atomic E-state index is 0.0630. The Kier molecular flexibility index (Phi) is 4.49. The first kappa shape index (κ1) is 17.4. The van der Waals surface area contributed by atoms with Crippen LogP contribution in [0.5, 0.6) is 0 Å². The van der Waals surface area contributed by atoms with Crippen LogP contribution in [0.3, 0.4) is 0 Å². The van der Waals surface area contributed by atoms with E-state index in [1.54, 1.807) is 17.2 Å². The van der Waals surface area contributed by atoms with Gasteiger partial charge in [0, 0.05) is 24.8 Å². The lowest BCUT2D eigenvalue weighted by atomic mass is 9.86. The highest BCUT2D eigenvalue weighted by molar-refractivity contribution is 6.05. The number of hydrogen-bond acceptors (Lipinski definition) is 4. The van der Waals surface area contributed by atoms with Gasteiger partial charge in [-0.1, -0.05) is 6.92 Å². The topological polar surface area (TPSA) is 88.3 Å². The molecule has 3 heterocycles. The molecular weight excluding hydrogens is 320 g/mol. The number of aliphatic carboxylic acids is 1. The Balaban J connectivity index is 1.94. The number of hydrogen-bond donors (Lipinski definition) is 1. The number of amides is 1. The van der Waals surface area contributed by atoms with Gasteiger partial charge in [-0.05, 0) is 39.2 Å². The summed E-state index contributed by atoms with van der Waals surface area (Å²) in [4.78, 5) is 30.7. The second-order valence-electron chi connectivity index (χ2n) is 7.19. The van der Waals surface area contributed by atoms with Gasteiger partial charge in [0.1, 0.15) is 0 Å². The summed E-state index contributed by atoms with van der Waals surface area (Å²) in [5.41, 5.74) is 2.08. The standard InChI is InChI=1S/C18H24N4O3/c1-10(2)22-16-15(8-19-22)14(7-12(4)20-16)17(23)21-6-5-13(18(24)25)11(3)9-21/h7-8,10-11,13H,5-6,9H2,1-4H3,(H,24,25). The van der Waals surface area contributed by atoms with Crippen LogP contribution in [0.25, 0.3) is 11.0 Å². The third-order valence-electron chi connectivity index (χ3n) is 4.92. The first-order valence-corrected chi connectivity index (χ1v) is 8.66. The van der Waals surface area contributed by atoms with E-state index < -0.39 is 5.97 Å². The molecule has 2 atom stereocenters. The molecule has 0 spiro atoms. The normalized spacial score (nSPS) is 21.1. The Morgan fingerprint density at radius 1 is 1.36 bits per heavy atom. The minimum atomic E-state index is -0.778. The molecule has 1 fully saturated rings. The summed E-state index contributed by atoms with van der Waals surface area (Å²) in [6.45, 7) is 8.72. The largest absolute Gasteiger partial charge is 0.481 e. The van der Waals surface area contributed by atoms with Crippen LogP contribution in [-0.2, 0) is 4.79 Å². The van der Waals surface area contributed by atoms with Crippen LogP contribution in [-0.4, -0.2) is 49.7 Å². The average Bonchev–Trinajstić information content (AvgIpc) is 2.96. The Hall–Kier alpha value is -2.44. The van der Waals surface area contributed by atoms with Crippen LogP contribution in [0.15, 0.2) is 12.3 Å². The van der Waals surface area contributed by atoms with Gasteiger partial charge in [-0.25, -0.2) is 9.67 Å². The minimum Gasteiger partial charge on any atom is -0.481 e. The van der Waals surface area contributed by atoms with Gasteiger partial charge in [0.2, 0.25) is 0 Å².